The topological polar surface area (TPSA) is 120 Å². The summed E-state index contributed by atoms with van der Waals surface area (Å²) in [7, 11) is -3.73. The third-order valence-electron chi connectivity index (χ3n) is 3.41. The van der Waals surface area contributed by atoms with Crippen molar-refractivity contribution in [2.24, 2.45) is 5.73 Å². The zero-order valence-electron chi connectivity index (χ0n) is 14.5. The highest BCUT2D eigenvalue weighted by molar-refractivity contribution is 7.89. The molecular weight excluding hydrogens is 346 g/mol. The van der Waals surface area contributed by atoms with Crippen LogP contribution in [0.3, 0.4) is 0 Å². The number of fused-ring (bicyclic) bond motifs is 1. The van der Waals surface area contributed by atoms with Crippen molar-refractivity contribution in [2.45, 2.75) is 37.1 Å². The minimum absolute atomic E-state index is 0.00634. The van der Waals surface area contributed by atoms with Gasteiger partial charge in [-0.05, 0) is 26.0 Å². The summed E-state index contributed by atoms with van der Waals surface area (Å²) in [5.74, 6) is 0.670. The van der Waals surface area contributed by atoms with Crippen molar-refractivity contribution < 1.29 is 22.7 Å². The molecule has 0 radical (unpaired) electrons. The van der Waals surface area contributed by atoms with Crippen LogP contribution in [0, 0.1) is 0 Å². The number of ether oxygens (including phenoxy) is 2. The molecule has 0 unspecified atom stereocenters. The second-order valence-electron chi connectivity index (χ2n) is 6.57. The second-order valence-corrected chi connectivity index (χ2v) is 8.34. The zero-order valence-corrected chi connectivity index (χ0v) is 15.3. The van der Waals surface area contributed by atoms with E-state index in [0.29, 0.717) is 31.3 Å². The Morgan fingerprint density at radius 1 is 1.24 bits per heavy atom. The van der Waals surface area contributed by atoms with Crippen molar-refractivity contribution in [3.8, 4) is 11.5 Å². The Morgan fingerprint density at radius 3 is 2.60 bits per heavy atom. The molecule has 25 heavy (non-hydrogen) atoms. The first-order valence-corrected chi connectivity index (χ1v) is 9.61. The van der Waals surface area contributed by atoms with Gasteiger partial charge < -0.3 is 20.5 Å². The summed E-state index contributed by atoms with van der Waals surface area (Å²) in [5, 5.41) is 2.66. The SMILES string of the molecule is CC(C)(N)CNC(=O)CCNS(=O)(=O)c1ccc2c(c1)OCCCO2. The van der Waals surface area contributed by atoms with Crippen molar-refractivity contribution in [2.75, 3.05) is 26.3 Å². The van der Waals surface area contributed by atoms with Crippen molar-refractivity contribution in [1.82, 2.24) is 10.0 Å². The summed E-state index contributed by atoms with van der Waals surface area (Å²) in [6, 6.07) is 4.46. The fraction of sp³-hybridized carbons (Fsp3) is 0.562. The fourth-order valence-corrected chi connectivity index (χ4v) is 3.15. The number of carbonyl (C=O) groups excluding carboxylic acids is 1. The van der Waals surface area contributed by atoms with Crippen LogP contribution in [0.2, 0.25) is 0 Å². The number of nitrogens with two attached hydrogens (primary N) is 1. The third kappa shape index (κ3) is 6.18. The molecule has 1 aliphatic rings. The molecule has 4 N–H and O–H groups in total. The van der Waals surface area contributed by atoms with Crippen molar-refractivity contribution in [3.05, 3.63) is 18.2 Å². The molecule has 0 aliphatic carbocycles. The first-order valence-electron chi connectivity index (χ1n) is 8.12. The zero-order chi connectivity index (χ0) is 18.5. The number of rotatable bonds is 7. The molecular formula is C16H25N3O5S. The van der Waals surface area contributed by atoms with Gasteiger partial charge in [-0.1, -0.05) is 0 Å². The van der Waals surface area contributed by atoms with Crippen LogP contribution in [0.25, 0.3) is 0 Å². The summed E-state index contributed by atoms with van der Waals surface area (Å²) >= 11 is 0. The van der Waals surface area contributed by atoms with Gasteiger partial charge in [-0.15, -0.1) is 0 Å². The highest BCUT2D eigenvalue weighted by atomic mass is 32.2. The molecule has 9 heteroatoms. The maximum absolute atomic E-state index is 12.3. The van der Waals surface area contributed by atoms with E-state index >= 15 is 0 Å². The molecule has 0 atom stereocenters. The predicted octanol–water partition coefficient (Wildman–Crippen LogP) is 0.370. The molecule has 0 fully saturated rings. The van der Waals surface area contributed by atoms with E-state index in [4.69, 9.17) is 15.2 Å². The van der Waals surface area contributed by atoms with E-state index in [-0.39, 0.29) is 23.8 Å². The Labute approximate surface area is 148 Å². The quantitative estimate of drug-likeness (QED) is 0.637. The van der Waals surface area contributed by atoms with Gasteiger partial charge in [0, 0.05) is 37.5 Å². The van der Waals surface area contributed by atoms with Crippen molar-refractivity contribution >= 4 is 15.9 Å². The van der Waals surface area contributed by atoms with Gasteiger partial charge in [0.15, 0.2) is 11.5 Å². The molecule has 0 spiro atoms. The number of hydrogen-bond donors (Lipinski definition) is 3. The molecule has 8 nitrogen and oxygen atoms in total. The minimum Gasteiger partial charge on any atom is -0.490 e. The number of nitrogens with one attached hydrogen (secondary N) is 2. The van der Waals surface area contributed by atoms with Gasteiger partial charge in [-0.3, -0.25) is 4.79 Å². The van der Waals surface area contributed by atoms with Crippen LogP contribution >= 0.6 is 0 Å². The normalized spacial score (nSPS) is 14.7. The van der Waals surface area contributed by atoms with Crippen LogP contribution < -0.4 is 25.2 Å². The molecule has 1 amide bonds. The van der Waals surface area contributed by atoms with Gasteiger partial charge in [-0.2, -0.15) is 0 Å². The molecule has 140 valence electrons. The van der Waals surface area contributed by atoms with Crippen LogP contribution in [0.15, 0.2) is 23.1 Å². The van der Waals surface area contributed by atoms with Crippen LogP contribution in [0.4, 0.5) is 0 Å². The maximum atomic E-state index is 12.3. The molecule has 1 aromatic rings. The number of carbonyl (C=O) groups is 1. The van der Waals surface area contributed by atoms with Gasteiger partial charge in [0.2, 0.25) is 15.9 Å². The average molecular weight is 371 g/mol. The lowest BCUT2D eigenvalue weighted by molar-refractivity contribution is -0.121. The average Bonchev–Trinajstić information content (AvgIpc) is 2.76. The minimum atomic E-state index is -3.73. The molecule has 1 aliphatic heterocycles. The van der Waals surface area contributed by atoms with E-state index in [1.165, 1.54) is 12.1 Å². The van der Waals surface area contributed by atoms with Crippen LogP contribution in [0.5, 0.6) is 11.5 Å². The lowest BCUT2D eigenvalue weighted by atomic mass is 10.1. The first-order chi connectivity index (χ1) is 11.7. The molecule has 1 heterocycles. The first kappa shape index (κ1) is 19.5. The monoisotopic (exact) mass is 371 g/mol. The summed E-state index contributed by atoms with van der Waals surface area (Å²) < 4.78 is 38.1. The predicted molar refractivity (Wildman–Crippen MR) is 93.1 cm³/mol. The van der Waals surface area contributed by atoms with Crippen molar-refractivity contribution in [1.29, 1.82) is 0 Å². The molecule has 1 aromatic carbocycles. The second kappa shape index (κ2) is 8.03. The fourth-order valence-electron chi connectivity index (χ4n) is 2.11. The molecule has 0 bridgehead atoms. The highest BCUT2D eigenvalue weighted by Gasteiger charge is 2.19. The number of sulfonamides is 1. The van der Waals surface area contributed by atoms with Gasteiger partial charge in [0.05, 0.1) is 18.1 Å². The Morgan fingerprint density at radius 2 is 1.92 bits per heavy atom. The van der Waals surface area contributed by atoms with Gasteiger partial charge in [-0.25, -0.2) is 13.1 Å². The van der Waals surface area contributed by atoms with Crippen LogP contribution in [0.1, 0.15) is 26.7 Å². The van der Waals surface area contributed by atoms with Crippen LogP contribution in [-0.4, -0.2) is 46.2 Å². The Kier molecular flexibility index (Phi) is 6.26. The lowest BCUT2D eigenvalue weighted by Crippen LogP contribution is -2.45. The molecule has 2 rings (SSSR count). The summed E-state index contributed by atoms with van der Waals surface area (Å²) in [4.78, 5) is 11.8. The highest BCUT2D eigenvalue weighted by Crippen LogP contribution is 2.31. The van der Waals surface area contributed by atoms with E-state index in [2.05, 4.69) is 10.0 Å². The molecule has 0 saturated carbocycles. The summed E-state index contributed by atoms with van der Waals surface area (Å²) in [5.41, 5.74) is 5.26. The number of benzene rings is 1. The van der Waals surface area contributed by atoms with E-state index in [9.17, 15) is 13.2 Å². The molecule has 0 aromatic heterocycles. The Hall–Kier alpha value is -1.84. The Balaban J connectivity index is 1.91. The maximum Gasteiger partial charge on any atom is 0.240 e. The summed E-state index contributed by atoms with van der Waals surface area (Å²) in [6.45, 7) is 4.90. The number of amides is 1. The summed E-state index contributed by atoms with van der Waals surface area (Å²) in [6.07, 6.45) is 0.767. The molecule has 0 saturated heterocycles. The third-order valence-corrected chi connectivity index (χ3v) is 4.87. The van der Waals surface area contributed by atoms with E-state index in [0.717, 1.165) is 6.42 Å². The van der Waals surface area contributed by atoms with E-state index in [1.54, 1.807) is 19.9 Å². The van der Waals surface area contributed by atoms with Gasteiger partial charge in [0.1, 0.15) is 0 Å². The van der Waals surface area contributed by atoms with Gasteiger partial charge >= 0.3 is 0 Å². The number of hydrogen-bond acceptors (Lipinski definition) is 6. The van der Waals surface area contributed by atoms with Crippen LogP contribution in [-0.2, 0) is 14.8 Å². The smallest absolute Gasteiger partial charge is 0.240 e. The van der Waals surface area contributed by atoms with Crippen molar-refractivity contribution in [3.63, 3.8) is 0 Å². The van der Waals surface area contributed by atoms with Gasteiger partial charge in [0.25, 0.3) is 0 Å². The van der Waals surface area contributed by atoms with E-state index in [1.807, 2.05) is 0 Å². The van der Waals surface area contributed by atoms with E-state index < -0.39 is 15.6 Å². The Bertz CT molecular complexity index is 713. The lowest BCUT2D eigenvalue weighted by Gasteiger charge is -2.18. The largest absolute Gasteiger partial charge is 0.490 e. The standard InChI is InChI=1S/C16H25N3O5S/c1-16(2,17)11-18-15(20)6-7-19-25(21,22)12-4-5-13-14(10-12)24-9-3-8-23-13/h4-5,10,19H,3,6-9,11,17H2,1-2H3,(H,18,20).